The Balaban J connectivity index is 4.64. The van der Waals surface area contributed by atoms with Crippen LogP contribution in [0.25, 0.3) is 0 Å². The Morgan fingerprint density at radius 3 is 2.24 bits per heavy atom. The van der Waals surface area contributed by atoms with Gasteiger partial charge in [-0.15, -0.1) is 0 Å². The Kier molecular flexibility index (Phi) is 9.84. The maximum absolute atomic E-state index is 12.6. The average molecular weight is 299 g/mol. The van der Waals surface area contributed by atoms with Gasteiger partial charge in [-0.2, -0.15) is 0 Å². The summed E-state index contributed by atoms with van der Waals surface area (Å²) in [6, 6.07) is 0. The molecule has 5 heteroatoms. The first kappa shape index (κ1) is 19.7. The van der Waals surface area contributed by atoms with E-state index in [1.165, 1.54) is 6.42 Å². The molecular weight excluding hydrogens is 266 g/mol. The van der Waals surface area contributed by atoms with E-state index >= 15 is 0 Å². The topological polar surface area (TPSA) is 87.7 Å². The molecule has 0 heterocycles. The van der Waals surface area contributed by atoms with Crippen LogP contribution >= 0.6 is 0 Å². The molecule has 0 rings (SSSR count). The van der Waals surface area contributed by atoms with Crippen LogP contribution in [0.4, 0.5) is 0 Å². The van der Waals surface area contributed by atoms with Gasteiger partial charge in [0.15, 0.2) is 5.84 Å². The van der Waals surface area contributed by atoms with Gasteiger partial charge in [-0.3, -0.25) is 4.79 Å². The third kappa shape index (κ3) is 6.36. The first-order chi connectivity index (χ1) is 9.94. The zero-order valence-electron chi connectivity index (χ0n) is 14.1. The van der Waals surface area contributed by atoms with Crippen LogP contribution in [0, 0.1) is 11.3 Å². The fourth-order valence-corrected chi connectivity index (χ4v) is 2.72. The highest BCUT2D eigenvalue weighted by Gasteiger charge is 2.41. The lowest BCUT2D eigenvalue weighted by Crippen LogP contribution is -2.50. The molecule has 0 atom stereocenters. The molecule has 0 radical (unpaired) electrons. The molecule has 0 aromatic carbocycles. The smallest absolute Gasteiger partial charge is 0.233 e. The Morgan fingerprint density at radius 1 is 1.24 bits per heavy atom. The summed E-state index contributed by atoms with van der Waals surface area (Å²) in [5, 5.41) is 15.1. The van der Waals surface area contributed by atoms with Gasteiger partial charge in [-0.05, 0) is 25.2 Å². The van der Waals surface area contributed by atoms with Crippen LogP contribution in [0.3, 0.4) is 0 Å². The normalized spacial score (nSPS) is 12.7. The largest absolute Gasteiger partial charge is 0.409 e. The van der Waals surface area contributed by atoms with E-state index in [9.17, 15) is 4.79 Å². The number of amidine groups is 1. The molecule has 4 N–H and O–H groups in total. The Morgan fingerprint density at radius 2 is 1.81 bits per heavy atom. The molecule has 0 bridgehead atoms. The van der Waals surface area contributed by atoms with Crippen molar-refractivity contribution in [2.75, 3.05) is 6.54 Å². The number of carbonyl (C=O) groups excluding carboxylic acids is 1. The number of oxime groups is 1. The van der Waals surface area contributed by atoms with E-state index in [0.717, 1.165) is 25.7 Å². The number of hydrogen-bond acceptors (Lipinski definition) is 3. The van der Waals surface area contributed by atoms with Gasteiger partial charge in [-0.1, -0.05) is 58.5 Å². The standard InChI is InChI=1S/C16H33N3O2/c1-5-10-16(11-6-2,14(17)19-21)15(20)18-12-8-7-9-13(3)4/h13,21H,5-12H2,1-4H3,(H2,17,19)(H,18,20). The predicted molar refractivity (Wildman–Crippen MR) is 87.4 cm³/mol. The summed E-state index contributed by atoms with van der Waals surface area (Å²) in [6.45, 7) is 9.06. The lowest BCUT2D eigenvalue weighted by Gasteiger charge is -2.30. The summed E-state index contributed by atoms with van der Waals surface area (Å²) >= 11 is 0. The maximum atomic E-state index is 12.6. The quantitative estimate of drug-likeness (QED) is 0.180. The Hall–Kier alpha value is -1.26. The van der Waals surface area contributed by atoms with Crippen molar-refractivity contribution in [1.82, 2.24) is 5.32 Å². The molecule has 0 saturated carbocycles. The van der Waals surface area contributed by atoms with Crippen molar-refractivity contribution < 1.29 is 10.0 Å². The van der Waals surface area contributed by atoms with Gasteiger partial charge in [0, 0.05) is 6.54 Å². The van der Waals surface area contributed by atoms with Crippen LogP contribution in [0.5, 0.6) is 0 Å². The molecule has 0 fully saturated rings. The average Bonchev–Trinajstić information content (AvgIpc) is 2.45. The predicted octanol–water partition coefficient (Wildman–Crippen LogP) is 3.26. The number of rotatable bonds is 11. The van der Waals surface area contributed by atoms with E-state index in [4.69, 9.17) is 10.9 Å². The molecule has 0 unspecified atom stereocenters. The zero-order valence-corrected chi connectivity index (χ0v) is 14.1. The maximum Gasteiger partial charge on any atom is 0.233 e. The van der Waals surface area contributed by atoms with E-state index in [1.807, 2.05) is 13.8 Å². The molecule has 0 spiro atoms. The highest BCUT2D eigenvalue weighted by molar-refractivity contribution is 6.06. The molecular formula is C16H33N3O2. The van der Waals surface area contributed by atoms with Gasteiger partial charge < -0.3 is 16.3 Å². The first-order valence-corrected chi connectivity index (χ1v) is 8.20. The van der Waals surface area contributed by atoms with E-state index < -0.39 is 5.41 Å². The van der Waals surface area contributed by atoms with Crippen molar-refractivity contribution in [1.29, 1.82) is 0 Å². The molecule has 124 valence electrons. The van der Waals surface area contributed by atoms with Crippen molar-refractivity contribution in [2.24, 2.45) is 22.2 Å². The second kappa shape index (κ2) is 10.5. The highest BCUT2D eigenvalue weighted by atomic mass is 16.4. The molecule has 0 aliphatic carbocycles. The van der Waals surface area contributed by atoms with Crippen molar-refractivity contribution in [3.8, 4) is 0 Å². The van der Waals surface area contributed by atoms with Gasteiger partial charge in [0.25, 0.3) is 0 Å². The molecule has 0 aromatic heterocycles. The van der Waals surface area contributed by atoms with Gasteiger partial charge in [0.05, 0.1) is 0 Å². The summed E-state index contributed by atoms with van der Waals surface area (Å²) in [7, 11) is 0. The van der Waals surface area contributed by atoms with Crippen molar-refractivity contribution >= 4 is 11.7 Å². The van der Waals surface area contributed by atoms with Crippen LogP contribution in [0.1, 0.15) is 72.6 Å². The number of unbranched alkanes of at least 4 members (excludes halogenated alkanes) is 1. The summed E-state index contributed by atoms with van der Waals surface area (Å²) in [5.41, 5.74) is 4.97. The molecule has 0 aliphatic heterocycles. The van der Waals surface area contributed by atoms with Crippen molar-refractivity contribution in [2.45, 2.75) is 72.6 Å². The van der Waals surface area contributed by atoms with Crippen LogP contribution in [-0.4, -0.2) is 23.5 Å². The van der Waals surface area contributed by atoms with E-state index in [2.05, 4.69) is 24.3 Å². The highest BCUT2D eigenvalue weighted by Crippen LogP contribution is 2.30. The molecule has 21 heavy (non-hydrogen) atoms. The number of amides is 1. The van der Waals surface area contributed by atoms with Gasteiger partial charge in [0.1, 0.15) is 5.41 Å². The van der Waals surface area contributed by atoms with Crippen LogP contribution in [0.15, 0.2) is 5.16 Å². The lowest BCUT2D eigenvalue weighted by molar-refractivity contribution is -0.128. The number of nitrogens with one attached hydrogen (secondary N) is 1. The minimum atomic E-state index is -0.865. The van der Waals surface area contributed by atoms with Gasteiger partial charge in [-0.25, -0.2) is 0 Å². The second-order valence-electron chi connectivity index (χ2n) is 6.21. The lowest BCUT2D eigenvalue weighted by atomic mass is 9.77. The summed E-state index contributed by atoms with van der Waals surface area (Å²) in [5.74, 6) is 0.620. The van der Waals surface area contributed by atoms with Crippen LogP contribution < -0.4 is 11.1 Å². The molecule has 0 aromatic rings. The summed E-state index contributed by atoms with van der Waals surface area (Å²) in [6.07, 6.45) is 6.09. The minimum absolute atomic E-state index is 0.0332. The van der Waals surface area contributed by atoms with Crippen molar-refractivity contribution in [3.63, 3.8) is 0 Å². The van der Waals surface area contributed by atoms with E-state index in [-0.39, 0.29) is 11.7 Å². The fraction of sp³-hybridized carbons (Fsp3) is 0.875. The summed E-state index contributed by atoms with van der Waals surface area (Å²) < 4.78 is 0. The molecule has 0 saturated heterocycles. The molecule has 0 aliphatic rings. The number of hydrogen-bond donors (Lipinski definition) is 3. The van der Waals surface area contributed by atoms with Gasteiger partial charge >= 0.3 is 0 Å². The minimum Gasteiger partial charge on any atom is -0.409 e. The van der Waals surface area contributed by atoms with Crippen LogP contribution in [0.2, 0.25) is 0 Å². The van der Waals surface area contributed by atoms with Crippen LogP contribution in [-0.2, 0) is 4.79 Å². The Bertz CT molecular complexity index is 321. The first-order valence-electron chi connectivity index (χ1n) is 8.20. The third-order valence-corrected chi connectivity index (χ3v) is 3.88. The number of nitrogens with two attached hydrogens (primary N) is 1. The second-order valence-corrected chi connectivity index (χ2v) is 6.21. The van der Waals surface area contributed by atoms with E-state index in [1.54, 1.807) is 0 Å². The monoisotopic (exact) mass is 299 g/mol. The Labute approximate surface area is 129 Å². The summed E-state index contributed by atoms with van der Waals surface area (Å²) in [4.78, 5) is 12.6. The van der Waals surface area contributed by atoms with Crippen molar-refractivity contribution in [3.05, 3.63) is 0 Å². The number of nitrogens with zero attached hydrogens (tertiary/aromatic N) is 1. The molecule has 5 nitrogen and oxygen atoms in total. The number of carbonyl (C=O) groups is 1. The molecule has 1 amide bonds. The zero-order chi connectivity index (χ0) is 16.3. The third-order valence-electron chi connectivity index (χ3n) is 3.88. The van der Waals surface area contributed by atoms with E-state index in [0.29, 0.717) is 25.3 Å². The SMILES string of the molecule is CCCC(CCC)(C(=O)NCCCCC(C)C)C(N)=NO. The fourth-order valence-electron chi connectivity index (χ4n) is 2.72. The van der Waals surface area contributed by atoms with Gasteiger partial charge in [0.2, 0.25) is 5.91 Å².